The zero-order chi connectivity index (χ0) is 25.2. The van der Waals surface area contributed by atoms with Crippen molar-refractivity contribution in [2.75, 3.05) is 44.7 Å². The number of likely N-dealkylation sites (N-methyl/N-ethyl adjacent to an activating group) is 1. The number of hydrogen-bond acceptors (Lipinski definition) is 9. The van der Waals surface area contributed by atoms with Crippen LogP contribution >= 0.6 is 11.6 Å². The summed E-state index contributed by atoms with van der Waals surface area (Å²) in [6.07, 6.45) is 3.55. The molecule has 11 heteroatoms. The lowest BCUT2D eigenvalue weighted by atomic mass is 10.1. The molecule has 4 heterocycles. The summed E-state index contributed by atoms with van der Waals surface area (Å²) in [5, 5.41) is 9.90. The van der Waals surface area contributed by atoms with Crippen LogP contribution in [0.25, 0.3) is 11.0 Å². The van der Waals surface area contributed by atoms with E-state index in [0.717, 1.165) is 19.4 Å². The van der Waals surface area contributed by atoms with Crippen molar-refractivity contribution < 1.29 is 14.3 Å². The van der Waals surface area contributed by atoms with Gasteiger partial charge in [0.2, 0.25) is 0 Å². The highest BCUT2D eigenvalue weighted by molar-refractivity contribution is 6.31. The molecule has 2 fully saturated rings. The van der Waals surface area contributed by atoms with E-state index in [1.807, 2.05) is 25.7 Å². The van der Waals surface area contributed by atoms with Crippen molar-refractivity contribution in [2.24, 2.45) is 0 Å². The number of rotatable bonds is 5. The fourth-order valence-electron chi connectivity index (χ4n) is 4.49. The highest BCUT2D eigenvalue weighted by Crippen LogP contribution is 2.29. The quantitative estimate of drug-likeness (QED) is 0.608. The number of likely N-dealkylation sites (tertiary alicyclic amines) is 1. The number of aromatic nitrogens is 3. The van der Waals surface area contributed by atoms with Gasteiger partial charge in [-0.15, -0.1) is 0 Å². The molecule has 2 aromatic rings. The van der Waals surface area contributed by atoms with Crippen LogP contribution in [0.15, 0.2) is 12.3 Å². The van der Waals surface area contributed by atoms with Crippen molar-refractivity contribution in [1.29, 1.82) is 5.26 Å². The van der Waals surface area contributed by atoms with E-state index < -0.39 is 11.7 Å². The lowest BCUT2D eigenvalue weighted by molar-refractivity contribution is 0.0145. The van der Waals surface area contributed by atoms with E-state index in [2.05, 4.69) is 28.0 Å². The van der Waals surface area contributed by atoms with Crippen LogP contribution in [0, 0.1) is 11.3 Å². The van der Waals surface area contributed by atoms with Gasteiger partial charge < -0.3 is 24.2 Å². The number of pyridine rings is 1. The Hall–Kier alpha value is -2.90. The monoisotopic (exact) mass is 501 g/mol. The number of nitrogens with zero attached hydrogens (tertiary/aromatic N) is 7. The van der Waals surface area contributed by atoms with Crippen molar-refractivity contribution in [2.45, 2.75) is 57.7 Å². The second-order valence-electron chi connectivity index (χ2n) is 10.1. The molecule has 2 aliphatic rings. The van der Waals surface area contributed by atoms with Crippen LogP contribution in [0.4, 0.5) is 10.6 Å². The van der Waals surface area contributed by atoms with Crippen LogP contribution < -0.4 is 9.64 Å². The Labute approximate surface area is 210 Å². The molecule has 4 rings (SSSR count). The number of anilines is 1. The Morgan fingerprint density at radius 2 is 2.06 bits per heavy atom. The van der Waals surface area contributed by atoms with E-state index in [1.54, 1.807) is 17.2 Å². The molecule has 188 valence electrons. The number of amides is 1. The van der Waals surface area contributed by atoms with Gasteiger partial charge in [0.1, 0.15) is 17.7 Å². The van der Waals surface area contributed by atoms with Gasteiger partial charge in [-0.1, -0.05) is 11.6 Å². The maximum atomic E-state index is 12.8. The van der Waals surface area contributed by atoms with E-state index in [-0.39, 0.29) is 18.5 Å². The summed E-state index contributed by atoms with van der Waals surface area (Å²) < 4.78 is 11.6. The third-order valence-corrected chi connectivity index (χ3v) is 6.48. The molecule has 0 spiro atoms. The third-order valence-electron chi connectivity index (χ3n) is 6.28. The first kappa shape index (κ1) is 25.2. The highest BCUT2D eigenvalue weighted by Gasteiger charge is 2.35. The highest BCUT2D eigenvalue weighted by atomic mass is 35.5. The van der Waals surface area contributed by atoms with Gasteiger partial charge in [-0.3, -0.25) is 0 Å². The molecule has 2 aliphatic heterocycles. The summed E-state index contributed by atoms with van der Waals surface area (Å²) in [6, 6.07) is 4.18. The minimum Gasteiger partial charge on any atom is -0.462 e. The number of carbonyl (C=O) groups excluding carboxylic acids is 1. The summed E-state index contributed by atoms with van der Waals surface area (Å²) in [4.78, 5) is 32.5. The Morgan fingerprint density at radius 1 is 1.26 bits per heavy atom. The Bertz CT molecular complexity index is 1120. The van der Waals surface area contributed by atoms with Gasteiger partial charge in [-0.25, -0.2) is 9.78 Å². The average Bonchev–Trinajstić information content (AvgIpc) is 3.20. The molecule has 2 atom stereocenters. The lowest BCUT2D eigenvalue weighted by Crippen LogP contribution is -2.56. The fourth-order valence-corrected chi connectivity index (χ4v) is 4.64. The molecule has 2 aromatic heterocycles. The molecule has 2 saturated heterocycles. The lowest BCUT2D eigenvalue weighted by Gasteiger charge is -2.41. The molecule has 10 nitrogen and oxygen atoms in total. The Morgan fingerprint density at radius 3 is 2.74 bits per heavy atom. The molecule has 35 heavy (non-hydrogen) atoms. The average molecular weight is 502 g/mol. The van der Waals surface area contributed by atoms with Gasteiger partial charge in [-0.05, 0) is 53.3 Å². The maximum absolute atomic E-state index is 12.8. The standard InChI is InChI=1S/C24H32ClN7O3/c1-24(2,3)35-23(33)32-11-10-31(14-17(32)7-8-26)21-20-19(12-16(25)13-27-20)28-22(29-21)34-15-18-6-5-9-30(18)4/h12-13,17-18H,5-7,9-11,14-15H2,1-4H3/t17-,18-/m0/s1. The van der Waals surface area contributed by atoms with E-state index in [4.69, 9.17) is 26.1 Å². The molecule has 0 aromatic carbocycles. The number of fused-ring (bicyclic) bond motifs is 1. The summed E-state index contributed by atoms with van der Waals surface area (Å²) in [5.74, 6) is 0.605. The summed E-state index contributed by atoms with van der Waals surface area (Å²) >= 11 is 6.20. The summed E-state index contributed by atoms with van der Waals surface area (Å²) in [5.41, 5.74) is 0.571. The van der Waals surface area contributed by atoms with Crippen molar-refractivity contribution in [3.63, 3.8) is 0 Å². The van der Waals surface area contributed by atoms with Crippen LogP contribution in [0.1, 0.15) is 40.0 Å². The number of piperazine rings is 1. The largest absolute Gasteiger partial charge is 0.462 e. The van der Waals surface area contributed by atoms with Gasteiger partial charge >= 0.3 is 12.1 Å². The van der Waals surface area contributed by atoms with E-state index in [9.17, 15) is 10.1 Å². The molecule has 0 saturated carbocycles. The van der Waals surface area contributed by atoms with E-state index in [1.165, 1.54) is 0 Å². The van der Waals surface area contributed by atoms with Gasteiger partial charge in [0.05, 0.1) is 29.1 Å². The first-order valence-corrected chi connectivity index (χ1v) is 12.3. The molecule has 0 bridgehead atoms. The zero-order valence-corrected chi connectivity index (χ0v) is 21.5. The number of ether oxygens (including phenoxy) is 2. The van der Waals surface area contributed by atoms with Crippen LogP contribution in [0.3, 0.4) is 0 Å². The maximum Gasteiger partial charge on any atom is 0.410 e. The molecule has 0 radical (unpaired) electrons. The number of halogens is 1. The molecule has 1 amide bonds. The smallest absolute Gasteiger partial charge is 0.410 e. The SMILES string of the molecule is CN1CCC[C@H]1COc1nc(N2CCN(C(=O)OC(C)(C)C)[C@@H](CC#N)C2)c2ncc(Cl)cc2n1. The summed E-state index contributed by atoms with van der Waals surface area (Å²) in [6.45, 7) is 8.34. The topological polar surface area (TPSA) is 108 Å². The fraction of sp³-hybridized carbons (Fsp3) is 0.625. The number of carbonyl (C=O) groups is 1. The minimum atomic E-state index is -0.614. The second kappa shape index (κ2) is 10.4. The van der Waals surface area contributed by atoms with Gasteiger partial charge in [0, 0.05) is 31.9 Å². The third kappa shape index (κ3) is 6.03. The van der Waals surface area contributed by atoms with Crippen molar-refractivity contribution >= 4 is 34.5 Å². The van der Waals surface area contributed by atoms with Crippen molar-refractivity contribution in [3.05, 3.63) is 17.3 Å². The molecule has 0 unspecified atom stereocenters. The molecule has 0 N–H and O–H groups in total. The van der Waals surface area contributed by atoms with E-state index in [0.29, 0.717) is 54.2 Å². The Kier molecular flexibility index (Phi) is 7.47. The normalized spacial score (nSPS) is 21.3. The second-order valence-corrected chi connectivity index (χ2v) is 10.5. The molecular formula is C24H32ClN7O3. The van der Waals surface area contributed by atoms with Crippen molar-refractivity contribution in [1.82, 2.24) is 24.8 Å². The van der Waals surface area contributed by atoms with Crippen LogP contribution in [-0.4, -0.2) is 88.4 Å². The van der Waals surface area contributed by atoms with Crippen LogP contribution in [-0.2, 0) is 4.74 Å². The van der Waals surface area contributed by atoms with Crippen LogP contribution in [0.2, 0.25) is 5.02 Å². The van der Waals surface area contributed by atoms with E-state index >= 15 is 0 Å². The predicted molar refractivity (Wildman–Crippen MR) is 133 cm³/mol. The van der Waals surface area contributed by atoms with Gasteiger partial charge in [0.25, 0.3) is 0 Å². The van der Waals surface area contributed by atoms with Gasteiger partial charge in [-0.2, -0.15) is 15.2 Å². The first-order valence-electron chi connectivity index (χ1n) is 11.9. The summed E-state index contributed by atoms with van der Waals surface area (Å²) in [7, 11) is 2.09. The molecule has 0 aliphatic carbocycles. The van der Waals surface area contributed by atoms with Gasteiger partial charge in [0.15, 0.2) is 5.82 Å². The number of nitriles is 1. The molecular weight excluding hydrogens is 470 g/mol. The van der Waals surface area contributed by atoms with Crippen molar-refractivity contribution in [3.8, 4) is 12.1 Å². The Balaban J connectivity index is 1.60. The van der Waals surface area contributed by atoms with Crippen LogP contribution in [0.5, 0.6) is 6.01 Å². The number of hydrogen-bond donors (Lipinski definition) is 0. The minimum absolute atomic E-state index is 0.176. The zero-order valence-electron chi connectivity index (χ0n) is 20.7. The first-order chi connectivity index (χ1) is 16.6. The predicted octanol–water partition coefficient (Wildman–Crippen LogP) is 3.49.